The third kappa shape index (κ3) is 6.56. The molecule has 1 nitrogen and oxygen atoms in total. The van der Waals surface area contributed by atoms with Gasteiger partial charge in [0, 0.05) is 16.8 Å². The molecule has 1 heteroatoms. The fourth-order valence-corrected chi connectivity index (χ4v) is 8.31. The smallest absolute Gasteiger partial charge is 0.0540 e. The van der Waals surface area contributed by atoms with Gasteiger partial charge in [0.25, 0.3) is 0 Å². The van der Waals surface area contributed by atoms with Crippen LogP contribution in [0.5, 0.6) is 0 Å². The second kappa shape index (κ2) is 15.0. The van der Waals surface area contributed by atoms with Crippen molar-refractivity contribution in [2.24, 2.45) is 0 Å². The van der Waals surface area contributed by atoms with Gasteiger partial charge in [-0.1, -0.05) is 200 Å². The molecule has 0 amide bonds. The van der Waals surface area contributed by atoms with Crippen LogP contribution in [0.15, 0.2) is 237 Å². The second-order valence-corrected chi connectivity index (χ2v) is 14.5. The first-order chi connectivity index (χ1) is 28.3. The minimum Gasteiger partial charge on any atom is -0.310 e. The van der Waals surface area contributed by atoms with Crippen LogP contribution in [-0.2, 0) is 0 Å². The summed E-state index contributed by atoms with van der Waals surface area (Å²) in [5.74, 6) is 0. The molecule has 0 spiro atoms. The molecule has 10 aromatic rings. The van der Waals surface area contributed by atoms with E-state index >= 15 is 0 Å². The van der Waals surface area contributed by atoms with Crippen LogP contribution in [0.4, 0.5) is 17.1 Å². The molecule has 0 atom stereocenters. The van der Waals surface area contributed by atoms with Crippen LogP contribution in [0.1, 0.15) is 0 Å². The molecule has 268 valence electrons. The third-order valence-corrected chi connectivity index (χ3v) is 11.1. The van der Waals surface area contributed by atoms with E-state index < -0.39 is 0 Å². The van der Waals surface area contributed by atoms with Gasteiger partial charge in [-0.3, -0.25) is 0 Å². The molecule has 57 heavy (non-hydrogen) atoms. The topological polar surface area (TPSA) is 3.24 Å². The molecule has 0 heterocycles. The number of benzene rings is 10. The summed E-state index contributed by atoms with van der Waals surface area (Å²) < 4.78 is 0. The van der Waals surface area contributed by atoms with Crippen LogP contribution in [-0.4, -0.2) is 0 Å². The summed E-state index contributed by atoms with van der Waals surface area (Å²) in [6.45, 7) is 0. The number of nitrogens with zero attached hydrogens (tertiary/aromatic N) is 1. The summed E-state index contributed by atoms with van der Waals surface area (Å²) in [5, 5.41) is 4.90. The fourth-order valence-electron chi connectivity index (χ4n) is 8.31. The van der Waals surface area contributed by atoms with Gasteiger partial charge in [-0.15, -0.1) is 0 Å². The van der Waals surface area contributed by atoms with Crippen molar-refractivity contribution in [3.63, 3.8) is 0 Å². The first kappa shape index (κ1) is 34.0. The van der Waals surface area contributed by atoms with E-state index in [0.29, 0.717) is 0 Å². The zero-order chi connectivity index (χ0) is 38.0. The zero-order valence-corrected chi connectivity index (χ0v) is 31.5. The largest absolute Gasteiger partial charge is 0.310 e. The lowest BCUT2D eigenvalue weighted by Crippen LogP contribution is -2.10. The van der Waals surface area contributed by atoms with Crippen LogP contribution >= 0.6 is 0 Å². The summed E-state index contributed by atoms with van der Waals surface area (Å²) in [6, 6.07) is 85.7. The molecule has 10 rings (SSSR count). The van der Waals surface area contributed by atoms with Gasteiger partial charge in [-0.25, -0.2) is 0 Å². The summed E-state index contributed by atoms with van der Waals surface area (Å²) in [7, 11) is 0. The van der Waals surface area contributed by atoms with Crippen molar-refractivity contribution >= 4 is 38.6 Å². The molecule has 0 unspecified atom stereocenters. The predicted molar refractivity (Wildman–Crippen MR) is 243 cm³/mol. The molecule has 10 aromatic carbocycles. The maximum atomic E-state index is 2.41. The molecule has 0 radical (unpaired) electrons. The van der Waals surface area contributed by atoms with Gasteiger partial charge < -0.3 is 4.90 Å². The zero-order valence-electron chi connectivity index (χ0n) is 31.5. The molecule has 0 saturated carbocycles. The van der Waals surface area contributed by atoms with Crippen molar-refractivity contribution in [2.75, 3.05) is 4.90 Å². The highest BCUT2D eigenvalue weighted by Gasteiger charge is 2.19. The molecular formula is C56H39N. The Bertz CT molecular complexity index is 2980. The van der Waals surface area contributed by atoms with Gasteiger partial charge in [-0.2, -0.15) is 0 Å². The quantitative estimate of drug-likeness (QED) is 0.151. The lowest BCUT2D eigenvalue weighted by molar-refractivity contribution is 1.30. The first-order valence-corrected chi connectivity index (χ1v) is 19.6. The summed E-state index contributed by atoms with van der Waals surface area (Å²) in [4.78, 5) is 2.41. The Labute approximate surface area is 334 Å². The monoisotopic (exact) mass is 725 g/mol. The van der Waals surface area contributed by atoms with E-state index in [1.165, 1.54) is 77.2 Å². The normalized spacial score (nSPS) is 11.2. The summed E-state index contributed by atoms with van der Waals surface area (Å²) in [6.07, 6.45) is 0. The van der Waals surface area contributed by atoms with Gasteiger partial charge in [0.05, 0.1) is 5.69 Å². The van der Waals surface area contributed by atoms with E-state index in [1.54, 1.807) is 0 Å². The van der Waals surface area contributed by atoms with Crippen molar-refractivity contribution in [3.05, 3.63) is 237 Å². The highest BCUT2D eigenvalue weighted by molar-refractivity contribution is 6.02. The number of hydrogen-bond acceptors (Lipinski definition) is 1. The van der Waals surface area contributed by atoms with Crippen molar-refractivity contribution in [1.82, 2.24) is 0 Å². The molecule has 0 N–H and O–H groups in total. The molecule has 0 aliphatic heterocycles. The highest BCUT2D eigenvalue weighted by Crippen LogP contribution is 2.44. The average Bonchev–Trinajstić information content (AvgIpc) is 3.30. The molecule has 0 bridgehead atoms. The van der Waals surface area contributed by atoms with Crippen molar-refractivity contribution < 1.29 is 0 Å². The van der Waals surface area contributed by atoms with Crippen LogP contribution < -0.4 is 4.90 Å². The van der Waals surface area contributed by atoms with E-state index in [1.807, 2.05) is 0 Å². The SMILES string of the molecule is c1ccc(-c2ccc(N(c3ccc(-c4ccc(-c5ccccc5)c(-c5cccc6ccccc56)c4)cc3)c3cccc4ccccc34)cc2-c2ccccc2)cc1. The Morgan fingerprint density at radius 3 is 1.37 bits per heavy atom. The molecular weight excluding hydrogens is 687 g/mol. The number of fused-ring (bicyclic) bond motifs is 2. The Morgan fingerprint density at radius 1 is 0.228 bits per heavy atom. The number of hydrogen-bond donors (Lipinski definition) is 0. The molecule has 0 aromatic heterocycles. The van der Waals surface area contributed by atoms with E-state index in [9.17, 15) is 0 Å². The summed E-state index contributed by atoms with van der Waals surface area (Å²) in [5.41, 5.74) is 15.4. The van der Waals surface area contributed by atoms with E-state index in [4.69, 9.17) is 0 Å². The number of rotatable bonds is 8. The predicted octanol–water partition coefficient (Wildman–Crippen LogP) is 15.8. The third-order valence-electron chi connectivity index (χ3n) is 11.1. The Morgan fingerprint density at radius 2 is 0.702 bits per heavy atom. The van der Waals surface area contributed by atoms with Gasteiger partial charge in [-0.05, 0) is 108 Å². The minimum atomic E-state index is 1.09. The number of anilines is 3. The average molecular weight is 726 g/mol. The fraction of sp³-hybridized carbons (Fsp3) is 0. The van der Waals surface area contributed by atoms with Gasteiger partial charge in [0.1, 0.15) is 0 Å². The van der Waals surface area contributed by atoms with Gasteiger partial charge >= 0.3 is 0 Å². The molecule has 0 aliphatic carbocycles. The maximum absolute atomic E-state index is 2.41. The van der Waals surface area contributed by atoms with E-state index in [-0.39, 0.29) is 0 Å². The first-order valence-electron chi connectivity index (χ1n) is 19.6. The van der Waals surface area contributed by atoms with Crippen LogP contribution in [0, 0.1) is 0 Å². The van der Waals surface area contributed by atoms with E-state index in [0.717, 1.165) is 17.1 Å². The minimum absolute atomic E-state index is 1.09. The highest BCUT2D eigenvalue weighted by atomic mass is 15.1. The van der Waals surface area contributed by atoms with E-state index in [2.05, 4.69) is 241 Å². The molecule has 0 aliphatic rings. The van der Waals surface area contributed by atoms with Gasteiger partial charge in [0.15, 0.2) is 0 Å². The van der Waals surface area contributed by atoms with Crippen molar-refractivity contribution in [2.45, 2.75) is 0 Å². The summed E-state index contributed by atoms with van der Waals surface area (Å²) >= 11 is 0. The van der Waals surface area contributed by atoms with Crippen molar-refractivity contribution in [3.8, 4) is 55.6 Å². The Hall–Kier alpha value is -7.48. The van der Waals surface area contributed by atoms with Crippen LogP contribution in [0.25, 0.3) is 77.2 Å². The maximum Gasteiger partial charge on any atom is 0.0540 e. The standard InChI is InChI=1S/C56H39N/c1-4-16-41(17-5-1)50-37-35-48(39-54(50)45-20-8-3-9-21-45)57(56-29-15-25-44-23-11-13-27-52(44)56)47-33-30-40(31-34-47)46-32-36-51(42-18-6-2-7-19-42)55(38-46)53-28-14-24-43-22-10-12-26-49(43)53/h1-39H. The van der Waals surface area contributed by atoms with Crippen LogP contribution in [0.3, 0.4) is 0 Å². The molecule has 0 saturated heterocycles. The lowest BCUT2D eigenvalue weighted by atomic mass is 9.89. The molecule has 0 fully saturated rings. The Kier molecular flexibility index (Phi) is 8.95. The Balaban J connectivity index is 1.12. The van der Waals surface area contributed by atoms with Crippen LogP contribution in [0.2, 0.25) is 0 Å². The lowest BCUT2D eigenvalue weighted by Gasteiger charge is -2.28. The second-order valence-electron chi connectivity index (χ2n) is 14.5. The van der Waals surface area contributed by atoms with Gasteiger partial charge in [0.2, 0.25) is 0 Å². The van der Waals surface area contributed by atoms with Crippen molar-refractivity contribution in [1.29, 1.82) is 0 Å².